The summed E-state index contributed by atoms with van der Waals surface area (Å²) in [5.41, 5.74) is -0.0509. The van der Waals surface area contributed by atoms with Gasteiger partial charge in [-0.25, -0.2) is 4.39 Å². The number of carbonyl (C=O) groups is 1. The van der Waals surface area contributed by atoms with Crippen LogP contribution in [0.4, 0.5) is 10.2 Å². The zero-order valence-corrected chi connectivity index (χ0v) is 10.1. The highest BCUT2D eigenvalue weighted by atomic mass is 79.9. The molecule has 0 aliphatic heterocycles. The Bertz CT molecular complexity index is 548. The highest BCUT2D eigenvalue weighted by Crippen LogP contribution is 2.19. The minimum Gasteiger partial charge on any atom is -0.305 e. The van der Waals surface area contributed by atoms with E-state index >= 15 is 0 Å². The molecule has 0 atom stereocenters. The fraction of sp³-hybridized carbons (Fsp3) is 0. The van der Waals surface area contributed by atoms with Crippen LogP contribution in [0.1, 0.15) is 10.4 Å². The third kappa shape index (κ3) is 2.65. The van der Waals surface area contributed by atoms with Crippen molar-refractivity contribution in [3.8, 4) is 0 Å². The fourth-order valence-corrected chi connectivity index (χ4v) is 1.60. The summed E-state index contributed by atoms with van der Waals surface area (Å²) >= 11 is 3.02. The number of aromatic nitrogens is 2. The van der Waals surface area contributed by atoms with Gasteiger partial charge in [0.1, 0.15) is 5.82 Å². The predicted molar refractivity (Wildman–Crippen MR) is 64.1 cm³/mol. The van der Waals surface area contributed by atoms with Gasteiger partial charge in [-0.15, -0.1) is 5.10 Å². The van der Waals surface area contributed by atoms with E-state index in [0.717, 1.165) is 0 Å². The van der Waals surface area contributed by atoms with Crippen LogP contribution < -0.4 is 5.32 Å². The Kier molecular flexibility index (Phi) is 3.43. The minimum absolute atomic E-state index is 0.0509. The smallest absolute Gasteiger partial charge is 0.259 e. The zero-order valence-electron chi connectivity index (χ0n) is 8.52. The second-order valence-electron chi connectivity index (χ2n) is 3.16. The summed E-state index contributed by atoms with van der Waals surface area (Å²) in [6.45, 7) is 0. The van der Waals surface area contributed by atoms with Gasteiger partial charge < -0.3 is 5.32 Å². The molecule has 1 aromatic heterocycles. The van der Waals surface area contributed by atoms with Crippen molar-refractivity contribution in [2.24, 2.45) is 0 Å². The molecule has 0 radical (unpaired) electrons. The van der Waals surface area contributed by atoms with Crippen LogP contribution in [0.25, 0.3) is 0 Å². The average molecular weight is 296 g/mol. The third-order valence-corrected chi connectivity index (χ3v) is 2.62. The first kappa shape index (κ1) is 11.7. The van der Waals surface area contributed by atoms with Crippen molar-refractivity contribution in [2.45, 2.75) is 0 Å². The quantitative estimate of drug-likeness (QED) is 0.927. The van der Waals surface area contributed by atoms with E-state index in [1.54, 1.807) is 18.2 Å². The van der Waals surface area contributed by atoms with Crippen LogP contribution in [-0.4, -0.2) is 16.1 Å². The van der Waals surface area contributed by atoms with Gasteiger partial charge in [0.2, 0.25) is 0 Å². The summed E-state index contributed by atoms with van der Waals surface area (Å²) in [5.74, 6) is -0.893. The number of anilines is 1. The summed E-state index contributed by atoms with van der Waals surface area (Å²) in [5, 5.41) is 9.74. The molecule has 0 aliphatic rings. The summed E-state index contributed by atoms with van der Waals surface area (Å²) in [6, 6.07) is 7.69. The normalized spacial score (nSPS) is 10.0. The van der Waals surface area contributed by atoms with Gasteiger partial charge in [0.25, 0.3) is 5.91 Å². The number of hydrogen-bond donors (Lipinski definition) is 1. The highest BCUT2D eigenvalue weighted by molar-refractivity contribution is 9.10. The lowest BCUT2D eigenvalue weighted by Crippen LogP contribution is -2.15. The number of halogens is 2. The summed E-state index contributed by atoms with van der Waals surface area (Å²) in [7, 11) is 0. The SMILES string of the molecule is O=C(Nc1cccnn1)c1cccc(Br)c1F. The first-order valence-electron chi connectivity index (χ1n) is 4.71. The van der Waals surface area contributed by atoms with Gasteiger partial charge in [0.05, 0.1) is 10.0 Å². The first-order chi connectivity index (χ1) is 8.18. The summed E-state index contributed by atoms with van der Waals surface area (Å²) in [6.07, 6.45) is 1.48. The standard InChI is InChI=1S/C11H7BrFN3O/c12-8-4-1-3-7(10(8)13)11(17)15-9-5-2-6-14-16-9/h1-6H,(H,15,16,17). The number of amides is 1. The molecular formula is C11H7BrFN3O. The molecule has 0 fully saturated rings. The minimum atomic E-state index is -0.603. The lowest BCUT2D eigenvalue weighted by molar-refractivity contribution is 0.102. The van der Waals surface area contributed by atoms with Crippen LogP contribution in [0.5, 0.6) is 0 Å². The summed E-state index contributed by atoms with van der Waals surface area (Å²) in [4.78, 5) is 11.7. The van der Waals surface area contributed by atoms with E-state index < -0.39 is 11.7 Å². The molecule has 4 nitrogen and oxygen atoms in total. The van der Waals surface area contributed by atoms with Crippen molar-refractivity contribution in [3.05, 3.63) is 52.4 Å². The van der Waals surface area contributed by atoms with Crippen LogP contribution in [0.15, 0.2) is 41.0 Å². The molecule has 1 heterocycles. The first-order valence-corrected chi connectivity index (χ1v) is 5.51. The Hall–Kier alpha value is -1.82. The maximum absolute atomic E-state index is 13.6. The molecule has 1 amide bonds. The van der Waals surface area contributed by atoms with Crippen LogP contribution in [-0.2, 0) is 0 Å². The Morgan fingerprint density at radius 3 is 2.82 bits per heavy atom. The van der Waals surface area contributed by atoms with Gasteiger partial charge in [-0.3, -0.25) is 4.79 Å². The molecule has 0 aliphatic carbocycles. The molecule has 1 aromatic carbocycles. The molecule has 0 spiro atoms. The van der Waals surface area contributed by atoms with Crippen LogP contribution in [0, 0.1) is 5.82 Å². The highest BCUT2D eigenvalue weighted by Gasteiger charge is 2.14. The number of hydrogen-bond acceptors (Lipinski definition) is 3. The number of rotatable bonds is 2. The van der Waals surface area contributed by atoms with E-state index in [2.05, 4.69) is 31.4 Å². The molecule has 0 saturated heterocycles. The molecule has 0 saturated carbocycles. The molecule has 2 aromatic rings. The Morgan fingerprint density at radius 2 is 2.12 bits per heavy atom. The lowest BCUT2D eigenvalue weighted by atomic mass is 10.2. The van der Waals surface area contributed by atoms with Crippen molar-refractivity contribution in [1.82, 2.24) is 10.2 Å². The van der Waals surface area contributed by atoms with Crippen molar-refractivity contribution in [3.63, 3.8) is 0 Å². The molecular weight excluding hydrogens is 289 g/mol. The lowest BCUT2D eigenvalue weighted by Gasteiger charge is -2.05. The zero-order chi connectivity index (χ0) is 12.3. The van der Waals surface area contributed by atoms with E-state index in [-0.39, 0.29) is 15.9 Å². The van der Waals surface area contributed by atoms with E-state index in [1.165, 1.54) is 18.3 Å². The molecule has 2 rings (SSSR count). The molecule has 17 heavy (non-hydrogen) atoms. The topological polar surface area (TPSA) is 54.9 Å². The fourth-order valence-electron chi connectivity index (χ4n) is 1.23. The largest absolute Gasteiger partial charge is 0.305 e. The van der Waals surface area contributed by atoms with Crippen LogP contribution in [0.3, 0.4) is 0 Å². The molecule has 6 heteroatoms. The van der Waals surface area contributed by atoms with Crippen molar-refractivity contribution < 1.29 is 9.18 Å². The van der Waals surface area contributed by atoms with E-state index in [1.807, 2.05) is 0 Å². The predicted octanol–water partition coefficient (Wildman–Crippen LogP) is 2.63. The third-order valence-electron chi connectivity index (χ3n) is 2.01. The number of nitrogens with one attached hydrogen (secondary N) is 1. The Morgan fingerprint density at radius 1 is 1.29 bits per heavy atom. The van der Waals surface area contributed by atoms with Gasteiger partial charge in [0.15, 0.2) is 5.82 Å². The van der Waals surface area contributed by atoms with Crippen LogP contribution >= 0.6 is 15.9 Å². The van der Waals surface area contributed by atoms with E-state index in [0.29, 0.717) is 0 Å². The summed E-state index contributed by atoms with van der Waals surface area (Å²) < 4.78 is 13.9. The van der Waals surface area contributed by atoms with Gasteiger partial charge in [0, 0.05) is 6.20 Å². The van der Waals surface area contributed by atoms with Crippen molar-refractivity contribution in [2.75, 3.05) is 5.32 Å². The van der Waals surface area contributed by atoms with Gasteiger partial charge in [-0.1, -0.05) is 6.07 Å². The average Bonchev–Trinajstić information content (AvgIpc) is 2.34. The van der Waals surface area contributed by atoms with E-state index in [4.69, 9.17) is 0 Å². The number of carbonyl (C=O) groups excluding carboxylic acids is 1. The molecule has 1 N–H and O–H groups in total. The maximum Gasteiger partial charge on any atom is 0.259 e. The van der Waals surface area contributed by atoms with Crippen LogP contribution in [0.2, 0.25) is 0 Å². The maximum atomic E-state index is 13.6. The van der Waals surface area contributed by atoms with Gasteiger partial charge in [-0.2, -0.15) is 5.10 Å². The molecule has 0 unspecified atom stereocenters. The van der Waals surface area contributed by atoms with Gasteiger partial charge in [-0.05, 0) is 40.2 Å². The van der Waals surface area contributed by atoms with Crippen molar-refractivity contribution >= 4 is 27.7 Å². The van der Waals surface area contributed by atoms with Crippen molar-refractivity contribution in [1.29, 1.82) is 0 Å². The number of benzene rings is 1. The second-order valence-corrected chi connectivity index (χ2v) is 4.02. The Balaban J connectivity index is 2.24. The monoisotopic (exact) mass is 295 g/mol. The molecule has 0 bridgehead atoms. The van der Waals surface area contributed by atoms with E-state index in [9.17, 15) is 9.18 Å². The molecule has 86 valence electrons. The number of nitrogens with zero attached hydrogens (tertiary/aromatic N) is 2. The van der Waals surface area contributed by atoms with Gasteiger partial charge >= 0.3 is 0 Å². The second kappa shape index (κ2) is 5.01. The Labute approximate surface area is 105 Å².